The number of aromatic nitrogens is 5. The maximum atomic E-state index is 13.5. The van der Waals surface area contributed by atoms with Crippen molar-refractivity contribution in [2.75, 3.05) is 0 Å². The van der Waals surface area contributed by atoms with Crippen LogP contribution in [-0.2, 0) is 0 Å². The first kappa shape index (κ1) is 13.4. The Kier molecular flexibility index (Phi) is 3.49. The maximum Gasteiger partial charge on any atom is 0.328 e. The van der Waals surface area contributed by atoms with Gasteiger partial charge in [0, 0.05) is 18.5 Å². The quantitative estimate of drug-likeness (QED) is 0.744. The highest BCUT2D eigenvalue weighted by molar-refractivity contribution is 6.28. The Hall–Kier alpha value is -2.54. The number of hydrogen-bond donors (Lipinski definition) is 0. The summed E-state index contributed by atoms with van der Waals surface area (Å²) in [5, 5.41) is 3.95. The molecule has 2 heterocycles. The first-order chi connectivity index (χ1) is 10.1. The Morgan fingerprint density at radius 2 is 2.10 bits per heavy atom. The fourth-order valence-corrected chi connectivity index (χ4v) is 1.75. The van der Waals surface area contributed by atoms with Crippen LogP contribution in [-0.4, -0.2) is 24.7 Å². The smallest absolute Gasteiger partial charge is 0.328 e. The molecule has 1 aromatic carbocycles. The van der Waals surface area contributed by atoms with Crippen LogP contribution in [0.4, 0.5) is 4.39 Å². The van der Waals surface area contributed by atoms with E-state index in [4.69, 9.17) is 16.3 Å². The van der Waals surface area contributed by atoms with E-state index < -0.39 is 0 Å². The average molecular weight is 306 g/mol. The number of rotatable bonds is 3. The molecule has 0 spiro atoms. The van der Waals surface area contributed by atoms with Crippen molar-refractivity contribution in [1.29, 1.82) is 0 Å². The molecule has 0 bridgehead atoms. The summed E-state index contributed by atoms with van der Waals surface area (Å²) in [6.45, 7) is 1.66. The van der Waals surface area contributed by atoms with Crippen LogP contribution in [0.1, 0.15) is 5.56 Å². The second-order valence-corrected chi connectivity index (χ2v) is 4.49. The second kappa shape index (κ2) is 5.45. The fourth-order valence-electron chi connectivity index (χ4n) is 1.60. The molecule has 6 nitrogen and oxygen atoms in total. The third-order valence-corrected chi connectivity index (χ3v) is 2.81. The molecule has 0 saturated carbocycles. The molecule has 21 heavy (non-hydrogen) atoms. The molecule has 3 rings (SSSR count). The van der Waals surface area contributed by atoms with Gasteiger partial charge in [0.25, 0.3) is 5.95 Å². The zero-order valence-electron chi connectivity index (χ0n) is 10.9. The topological polar surface area (TPSA) is 65.7 Å². The summed E-state index contributed by atoms with van der Waals surface area (Å²) in [5.74, 6) is 0.106. The highest BCUT2D eigenvalue weighted by Crippen LogP contribution is 2.21. The molecular weight excluding hydrogens is 297 g/mol. The molecular formula is C13H9ClFN5O. The first-order valence-corrected chi connectivity index (χ1v) is 6.35. The molecule has 0 unspecified atom stereocenters. The van der Waals surface area contributed by atoms with Crippen molar-refractivity contribution < 1.29 is 9.13 Å². The molecule has 3 aromatic rings. The SMILES string of the molecule is Cc1ccc(Oc2nc(Cl)nc(-n3cccn3)n2)cc1F. The highest BCUT2D eigenvalue weighted by Gasteiger charge is 2.10. The van der Waals surface area contributed by atoms with Crippen LogP contribution in [0.5, 0.6) is 11.8 Å². The van der Waals surface area contributed by atoms with Crippen molar-refractivity contribution in [1.82, 2.24) is 24.7 Å². The van der Waals surface area contributed by atoms with Crippen LogP contribution in [0.3, 0.4) is 0 Å². The van der Waals surface area contributed by atoms with Gasteiger partial charge in [-0.1, -0.05) is 6.07 Å². The molecule has 0 amide bonds. The Balaban J connectivity index is 1.93. The average Bonchev–Trinajstić information content (AvgIpc) is 2.96. The van der Waals surface area contributed by atoms with Crippen LogP contribution < -0.4 is 4.74 Å². The van der Waals surface area contributed by atoms with E-state index in [1.807, 2.05) is 0 Å². The van der Waals surface area contributed by atoms with E-state index in [9.17, 15) is 4.39 Å². The van der Waals surface area contributed by atoms with Crippen molar-refractivity contribution in [2.45, 2.75) is 6.92 Å². The predicted molar refractivity (Wildman–Crippen MR) is 73.2 cm³/mol. The molecule has 0 aliphatic rings. The second-order valence-electron chi connectivity index (χ2n) is 4.15. The van der Waals surface area contributed by atoms with Crippen molar-refractivity contribution in [3.05, 3.63) is 53.3 Å². The van der Waals surface area contributed by atoms with Gasteiger partial charge in [0.2, 0.25) is 5.28 Å². The van der Waals surface area contributed by atoms with Crippen LogP contribution in [0, 0.1) is 12.7 Å². The molecule has 2 aromatic heterocycles. The van der Waals surface area contributed by atoms with Gasteiger partial charge >= 0.3 is 6.01 Å². The van der Waals surface area contributed by atoms with Crippen LogP contribution in [0.25, 0.3) is 5.95 Å². The number of aryl methyl sites for hydroxylation is 1. The number of halogens is 2. The third kappa shape index (κ3) is 2.97. The van der Waals surface area contributed by atoms with Gasteiger partial charge in [0.1, 0.15) is 11.6 Å². The largest absolute Gasteiger partial charge is 0.424 e. The lowest BCUT2D eigenvalue weighted by Gasteiger charge is -2.06. The molecule has 0 N–H and O–H groups in total. The number of nitrogens with zero attached hydrogens (tertiary/aromatic N) is 5. The lowest BCUT2D eigenvalue weighted by molar-refractivity contribution is 0.433. The summed E-state index contributed by atoms with van der Waals surface area (Å²) >= 11 is 5.83. The Bertz CT molecular complexity index is 778. The van der Waals surface area contributed by atoms with Gasteiger partial charge in [-0.3, -0.25) is 0 Å². The maximum absolute atomic E-state index is 13.5. The van der Waals surface area contributed by atoms with Crippen molar-refractivity contribution in [2.24, 2.45) is 0 Å². The number of benzene rings is 1. The molecule has 0 saturated heterocycles. The minimum atomic E-state index is -0.375. The van der Waals surface area contributed by atoms with Gasteiger partial charge in [-0.25, -0.2) is 9.07 Å². The van der Waals surface area contributed by atoms with E-state index in [1.54, 1.807) is 37.5 Å². The van der Waals surface area contributed by atoms with Gasteiger partial charge in [-0.15, -0.1) is 0 Å². The first-order valence-electron chi connectivity index (χ1n) is 5.97. The van der Waals surface area contributed by atoms with Crippen molar-refractivity contribution >= 4 is 11.6 Å². The fraction of sp³-hybridized carbons (Fsp3) is 0.0769. The highest BCUT2D eigenvalue weighted by atomic mass is 35.5. The molecule has 106 valence electrons. The van der Waals surface area contributed by atoms with E-state index in [1.165, 1.54) is 10.7 Å². The minimum absolute atomic E-state index is 0.0382. The molecule has 0 fully saturated rings. The number of ether oxygens (including phenoxy) is 1. The van der Waals surface area contributed by atoms with Crippen molar-refractivity contribution in [3.63, 3.8) is 0 Å². The monoisotopic (exact) mass is 305 g/mol. The zero-order valence-corrected chi connectivity index (χ0v) is 11.6. The van der Waals surface area contributed by atoms with E-state index >= 15 is 0 Å². The van der Waals surface area contributed by atoms with Crippen LogP contribution >= 0.6 is 11.6 Å². The Morgan fingerprint density at radius 1 is 1.24 bits per heavy atom. The molecule has 0 aliphatic carbocycles. The standard InChI is InChI=1S/C13H9ClFN5O/c1-8-3-4-9(7-10(8)15)21-13-18-11(14)17-12(19-13)20-6-2-5-16-20/h2-7H,1H3. The third-order valence-electron chi connectivity index (χ3n) is 2.64. The van der Waals surface area contributed by atoms with Crippen LogP contribution in [0.2, 0.25) is 5.28 Å². The summed E-state index contributed by atoms with van der Waals surface area (Å²) in [6.07, 6.45) is 3.23. The molecule has 0 atom stereocenters. The molecule has 0 aliphatic heterocycles. The molecule has 8 heteroatoms. The van der Waals surface area contributed by atoms with Crippen LogP contribution in [0.15, 0.2) is 36.7 Å². The number of hydrogen-bond acceptors (Lipinski definition) is 5. The molecule has 0 radical (unpaired) electrons. The Morgan fingerprint density at radius 3 is 2.81 bits per heavy atom. The van der Waals surface area contributed by atoms with Gasteiger partial charge < -0.3 is 4.74 Å². The van der Waals surface area contributed by atoms with E-state index in [-0.39, 0.29) is 28.8 Å². The van der Waals surface area contributed by atoms with E-state index in [2.05, 4.69) is 20.1 Å². The van der Waals surface area contributed by atoms with Gasteiger partial charge in [-0.05, 0) is 36.2 Å². The summed E-state index contributed by atoms with van der Waals surface area (Å²) in [6, 6.07) is 6.14. The van der Waals surface area contributed by atoms with E-state index in [0.29, 0.717) is 5.56 Å². The lowest BCUT2D eigenvalue weighted by Crippen LogP contribution is -2.05. The predicted octanol–water partition coefficient (Wildman–Crippen LogP) is 2.95. The minimum Gasteiger partial charge on any atom is -0.424 e. The van der Waals surface area contributed by atoms with Gasteiger partial charge in [-0.2, -0.15) is 20.1 Å². The lowest BCUT2D eigenvalue weighted by atomic mass is 10.2. The van der Waals surface area contributed by atoms with Gasteiger partial charge in [0.15, 0.2) is 0 Å². The summed E-state index contributed by atoms with van der Waals surface area (Å²) in [5.41, 5.74) is 0.522. The van der Waals surface area contributed by atoms with Gasteiger partial charge in [0.05, 0.1) is 0 Å². The summed E-state index contributed by atoms with van der Waals surface area (Å²) < 4.78 is 20.3. The zero-order chi connectivity index (χ0) is 14.8. The van der Waals surface area contributed by atoms with Crippen molar-refractivity contribution in [3.8, 4) is 17.7 Å². The Labute approximate surface area is 124 Å². The van der Waals surface area contributed by atoms with E-state index in [0.717, 1.165) is 0 Å². The normalized spacial score (nSPS) is 10.6. The summed E-state index contributed by atoms with van der Waals surface area (Å²) in [4.78, 5) is 11.9. The summed E-state index contributed by atoms with van der Waals surface area (Å²) in [7, 11) is 0.